The molecule has 3 N–H and O–H groups in total. The standard InChI is InChI=1S/C13H16N2O4/c14-6-8-2-4-11(19-8)12(16)15-7-1-3-10(15)9(5-7)13(17)18/h2,4,7,9-10H,1,3,5-6,14H2,(H,17,18). The number of carboxylic acid groups (broad SMARTS) is 1. The second-order valence-electron chi connectivity index (χ2n) is 5.16. The molecule has 2 bridgehead atoms. The minimum atomic E-state index is -0.813. The van der Waals surface area contributed by atoms with Gasteiger partial charge in [-0.2, -0.15) is 0 Å². The summed E-state index contributed by atoms with van der Waals surface area (Å²) in [6.45, 7) is 0.248. The van der Waals surface area contributed by atoms with Gasteiger partial charge in [-0.25, -0.2) is 0 Å². The Labute approximate surface area is 110 Å². The van der Waals surface area contributed by atoms with Gasteiger partial charge >= 0.3 is 5.97 Å². The summed E-state index contributed by atoms with van der Waals surface area (Å²) in [6, 6.07) is 3.13. The van der Waals surface area contributed by atoms with Gasteiger partial charge in [-0.1, -0.05) is 0 Å². The zero-order chi connectivity index (χ0) is 13.6. The molecule has 1 aromatic rings. The molecule has 2 aliphatic heterocycles. The number of rotatable bonds is 3. The number of nitrogens with zero attached hydrogens (tertiary/aromatic N) is 1. The summed E-state index contributed by atoms with van der Waals surface area (Å²) < 4.78 is 5.36. The first-order valence-corrected chi connectivity index (χ1v) is 6.46. The molecular weight excluding hydrogens is 248 g/mol. The zero-order valence-corrected chi connectivity index (χ0v) is 10.4. The van der Waals surface area contributed by atoms with Crippen LogP contribution in [0, 0.1) is 5.92 Å². The van der Waals surface area contributed by atoms with Crippen molar-refractivity contribution in [2.45, 2.75) is 37.9 Å². The van der Waals surface area contributed by atoms with Gasteiger partial charge in [-0.15, -0.1) is 0 Å². The van der Waals surface area contributed by atoms with E-state index in [1.165, 1.54) is 0 Å². The smallest absolute Gasteiger partial charge is 0.308 e. The molecule has 6 heteroatoms. The molecule has 6 nitrogen and oxygen atoms in total. The predicted molar refractivity (Wildman–Crippen MR) is 65.3 cm³/mol. The van der Waals surface area contributed by atoms with E-state index >= 15 is 0 Å². The van der Waals surface area contributed by atoms with Gasteiger partial charge in [0.1, 0.15) is 5.76 Å². The number of nitrogens with two attached hydrogens (primary N) is 1. The molecule has 1 aromatic heterocycles. The molecule has 102 valence electrons. The molecule has 0 radical (unpaired) electrons. The molecule has 3 unspecified atom stereocenters. The lowest BCUT2D eigenvalue weighted by atomic mass is 9.89. The van der Waals surface area contributed by atoms with Crippen LogP contribution in [0.5, 0.6) is 0 Å². The van der Waals surface area contributed by atoms with Gasteiger partial charge in [0.2, 0.25) is 0 Å². The first-order chi connectivity index (χ1) is 9.11. The fourth-order valence-corrected chi connectivity index (χ4v) is 3.30. The Balaban J connectivity index is 1.83. The maximum atomic E-state index is 12.4. The van der Waals surface area contributed by atoms with Crippen molar-refractivity contribution in [3.8, 4) is 0 Å². The monoisotopic (exact) mass is 264 g/mol. The van der Waals surface area contributed by atoms with E-state index in [0.717, 1.165) is 12.8 Å². The lowest BCUT2D eigenvalue weighted by Crippen LogP contribution is -2.37. The maximum absolute atomic E-state index is 12.4. The Bertz CT molecular complexity index is 524. The van der Waals surface area contributed by atoms with Crippen molar-refractivity contribution in [1.29, 1.82) is 0 Å². The Morgan fingerprint density at radius 3 is 2.79 bits per heavy atom. The average molecular weight is 264 g/mol. The van der Waals surface area contributed by atoms with Gasteiger partial charge in [0.15, 0.2) is 5.76 Å². The molecule has 0 aliphatic carbocycles. The van der Waals surface area contributed by atoms with E-state index in [9.17, 15) is 9.59 Å². The highest BCUT2D eigenvalue weighted by atomic mass is 16.4. The van der Waals surface area contributed by atoms with Crippen molar-refractivity contribution < 1.29 is 19.1 Å². The highest BCUT2D eigenvalue weighted by molar-refractivity contribution is 5.93. The minimum absolute atomic E-state index is 0.0324. The summed E-state index contributed by atoms with van der Waals surface area (Å²) >= 11 is 0. The molecule has 1 amide bonds. The van der Waals surface area contributed by atoms with Crippen LogP contribution in [0.3, 0.4) is 0 Å². The molecule has 3 heterocycles. The number of carbonyl (C=O) groups is 2. The number of aliphatic carboxylic acids is 1. The molecule has 19 heavy (non-hydrogen) atoms. The van der Waals surface area contributed by atoms with Crippen LogP contribution in [0.1, 0.15) is 35.6 Å². The van der Waals surface area contributed by atoms with E-state index in [2.05, 4.69) is 0 Å². The maximum Gasteiger partial charge on any atom is 0.308 e. The Hall–Kier alpha value is -1.82. The van der Waals surface area contributed by atoms with E-state index in [1.54, 1.807) is 17.0 Å². The second kappa shape index (κ2) is 4.38. The van der Waals surface area contributed by atoms with E-state index in [4.69, 9.17) is 15.3 Å². The van der Waals surface area contributed by atoms with Crippen LogP contribution in [-0.4, -0.2) is 34.0 Å². The summed E-state index contributed by atoms with van der Waals surface area (Å²) in [5, 5.41) is 9.17. The van der Waals surface area contributed by atoms with Crippen LogP contribution >= 0.6 is 0 Å². The Kier molecular flexibility index (Phi) is 2.82. The summed E-state index contributed by atoms with van der Waals surface area (Å²) in [6.07, 6.45) is 2.19. The largest absolute Gasteiger partial charge is 0.481 e. The SMILES string of the molecule is NCc1ccc(C(=O)N2C3CCC2C(C(=O)O)C3)o1. The molecule has 2 aliphatic rings. The van der Waals surface area contributed by atoms with Crippen molar-refractivity contribution in [3.05, 3.63) is 23.7 Å². The number of hydrogen-bond acceptors (Lipinski definition) is 4. The van der Waals surface area contributed by atoms with Crippen molar-refractivity contribution in [2.24, 2.45) is 11.7 Å². The van der Waals surface area contributed by atoms with E-state index in [1.807, 2.05) is 0 Å². The van der Waals surface area contributed by atoms with Crippen LogP contribution in [-0.2, 0) is 11.3 Å². The number of furan rings is 1. The van der Waals surface area contributed by atoms with Crippen molar-refractivity contribution in [2.75, 3.05) is 0 Å². The third kappa shape index (κ3) is 1.83. The van der Waals surface area contributed by atoms with E-state index in [-0.39, 0.29) is 30.3 Å². The highest BCUT2D eigenvalue weighted by Crippen LogP contribution is 2.42. The summed E-state index contributed by atoms with van der Waals surface area (Å²) in [7, 11) is 0. The van der Waals surface area contributed by atoms with E-state index < -0.39 is 11.9 Å². The van der Waals surface area contributed by atoms with Gasteiger partial charge in [-0.05, 0) is 31.4 Å². The number of amides is 1. The first-order valence-electron chi connectivity index (χ1n) is 6.46. The third-order valence-electron chi connectivity index (χ3n) is 4.16. The summed E-state index contributed by atoms with van der Waals surface area (Å²) in [4.78, 5) is 25.3. The van der Waals surface area contributed by atoms with Gasteiger partial charge in [0, 0.05) is 12.1 Å². The number of fused-ring (bicyclic) bond motifs is 2. The summed E-state index contributed by atoms with van der Waals surface area (Å²) in [5.74, 6) is -0.650. The minimum Gasteiger partial charge on any atom is -0.481 e. The van der Waals surface area contributed by atoms with E-state index in [0.29, 0.717) is 12.2 Å². The van der Waals surface area contributed by atoms with Crippen molar-refractivity contribution in [1.82, 2.24) is 4.90 Å². The fraction of sp³-hybridized carbons (Fsp3) is 0.538. The number of carbonyl (C=O) groups excluding carboxylic acids is 1. The number of carboxylic acids is 1. The Morgan fingerprint density at radius 2 is 2.21 bits per heavy atom. The van der Waals surface area contributed by atoms with Crippen LogP contribution in [0.25, 0.3) is 0 Å². The molecule has 0 saturated carbocycles. The van der Waals surface area contributed by atoms with Gasteiger partial charge in [0.05, 0.1) is 12.5 Å². The van der Waals surface area contributed by atoms with Crippen LogP contribution in [0.4, 0.5) is 0 Å². The van der Waals surface area contributed by atoms with Gasteiger partial charge in [0.25, 0.3) is 5.91 Å². The van der Waals surface area contributed by atoms with Crippen LogP contribution < -0.4 is 5.73 Å². The lowest BCUT2D eigenvalue weighted by Gasteiger charge is -2.21. The number of hydrogen-bond donors (Lipinski definition) is 2. The molecule has 3 rings (SSSR count). The predicted octanol–water partition coefficient (Wildman–Crippen LogP) is 0.816. The molecule has 0 spiro atoms. The van der Waals surface area contributed by atoms with Gasteiger partial charge in [-0.3, -0.25) is 9.59 Å². The normalized spacial score (nSPS) is 28.9. The molecule has 2 fully saturated rings. The molecule has 2 saturated heterocycles. The van der Waals surface area contributed by atoms with Gasteiger partial charge < -0.3 is 20.2 Å². The van der Waals surface area contributed by atoms with Crippen LogP contribution in [0.2, 0.25) is 0 Å². The molecular formula is C13H16N2O4. The van der Waals surface area contributed by atoms with Crippen LogP contribution in [0.15, 0.2) is 16.5 Å². The Morgan fingerprint density at radius 1 is 1.42 bits per heavy atom. The zero-order valence-electron chi connectivity index (χ0n) is 10.4. The first kappa shape index (κ1) is 12.2. The van der Waals surface area contributed by atoms with Crippen molar-refractivity contribution in [3.63, 3.8) is 0 Å². The molecule has 3 atom stereocenters. The average Bonchev–Trinajstić information content (AvgIpc) is 3.11. The molecule has 0 aromatic carbocycles. The quantitative estimate of drug-likeness (QED) is 0.842. The highest BCUT2D eigenvalue weighted by Gasteiger charge is 2.51. The van der Waals surface area contributed by atoms with Crippen molar-refractivity contribution >= 4 is 11.9 Å². The second-order valence-corrected chi connectivity index (χ2v) is 5.16. The topological polar surface area (TPSA) is 96.8 Å². The third-order valence-corrected chi connectivity index (χ3v) is 4.16. The fourth-order valence-electron chi connectivity index (χ4n) is 3.30. The summed E-state index contributed by atoms with van der Waals surface area (Å²) in [5.41, 5.74) is 5.45. The lowest BCUT2D eigenvalue weighted by molar-refractivity contribution is -0.142.